The molecule has 20 heavy (non-hydrogen) atoms. The highest BCUT2D eigenvalue weighted by molar-refractivity contribution is 8.02. The second-order valence-electron chi connectivity index (χ2n) is 5.20. The maximum atomic E-state index is 12.2. The third kappa shape index (κ3) is 4.56. The number of thioether (sulfide) groups is 1. The smallest absolute Gasteiger partial charge is 0.216 e. The zero-order valence-corrected chi connectivity index (χ0v) is 14.7. The van der Waals surface area contributed by atoms with Crippen LogP contribution >= 0.6 is 24.0 Å². The van der Waals surface area contributed by atoms with Gasteiger partial charge in [-0.25, -0.2) is 12.7 Å². The van der Waals surface area contributed by atoms with Crippen LogP contribution < -0.4 is 5.73 Å². The number of nitrogens with zero attached hydrogens (tertiary/aromatic N) is 1. The molecule has 0 bridgehead atoms. The highest BCUT2D eigenvalue weighted by Crippen LogP contribution is 2.35. The zero-order chi connectivity index (χ0) is 15.4. The Kier molecular flexibility index (Phi) is 6.72. The molecule has 1 fully saturated rings. The van der Waals surface area contributed by atoms with Gasteiger partial charge in [-0.3, -0.25) is 0 Å². The molecule has 1 heterocycles. The van der Waals surface area contributed by atoms with Crippen molar-refractivity contribution in [1.29, 1.82) is 0 Å². The van der Waals surface area contributed by atoms with Gasteiger partial charge in [-0.15, -0.1) is 0 Å². The van der Waals surface area contributed by atoms with Crippen molar-refractivity contribution in [3.05, 3.63) is 0 Å². The molecule has 0 aromatic carbocycles. The molecule has 1 rings (SSSR count). The largest absolute Gasteiger partial charge is 0.392 e. The molecular weight excluding hydrogens is 316 g/mol. The van der Waals surface area contributed by atoms with Crippen molar-refractivity contribution in [2.24, 2.45) is 5.73 Å². The molecule has 0 radical (unpaired) electrons. The maximum Gasteiger partial charge on any atom is 0.216 e. The first-order chi connectivity index (χ1) is 9.23. The van der Waals surface area contributed by atoms with Gasteiger partial charge in [-0.05, 0) is 32.9 Å². The van der Waals surface area contributed by atoms with Gasteiger partial charge >= 0.3 is 0 Å². The van der Waals surface area contributed by atoms with Gasteiger partial charge in [0, 0.05) is 13.1 Å². The van der Waals surface area contributed by atoms with E-state index in [9.17, 15) is 8.42 Å². The van der Waals surface area contributed by atoms with E-state index in [-0.39, 0.29) is 23.2 Å². The van der Waals surface area contributed by atoms with E-state index in [4.69, 9.17) is 22.7 Å². The van der Waals surface area contributed by atoms with Crippen molar-refractivity contribution >= 4 is 39.0 Å². The van der Waals surface area contributed by atoms with E-state index in [1.165, 1.54) is 4.31 Å². The molecule has 0 unspecified atom stereocenters. The SMILES string of the molecule is CSC1(C(N)=S)CCN(S(=O)(=O)CCOC(C)C)CC1. The first-order valence-electron chi connectivity index (χ1n) is 6.68. The van der Waals surface area contributed by atoms with Crippen LogP contribution in [-0.4, -0.2) is 60.3 Å². The van der Waals surface area contributed by atoms with Gasteiger partial charge in [-0.2, -0.15) is 11.8 Å². The Bertz CT molecular complexity index is 429. The Hall–Kier alpha value is 0.110. The topological polar surface area (TPSA) is 72.6 Å². The van der Waals surface area contributed by atoms with Crippen molar-refractivity contribution in [1.82, 2.24) is 4.31 Å². The summed E-state index contributed by atoms with van der Waals surface area (Å²) < 4.78 is 31.0. The maximum absolute atomic E-state index is 12.2. The summed E-state index contributed by atoms with van der Waals surface area (Å²) in [5.74, 6) is 0.0323. The van der Waals surface area contributed by atoms with Gasteiger partial charge in [0.1, 0.15) is 0 Å². The van der Waals surface area contributed by atoms with Crippen molar-refractivity contribution in [3.63, 3.8) is 0 Å². The molecule has 1 aliphatic rings. The number of ether oxygens (including phenoxy) is 1. The molecule has 0 aliphatic carbocycles. The number of piperidine rings is 1. The summed E-state index contributed by atoms with van der Waals surface area (Å²) in [6, 6.07) is 0. The average Bonchev–Trinajstić information content (AvgIpc) is 2.37. The molecule has 1 aliphatic heterocycles. The number of nitrogens with two attached hydrogens (primary N) is 1. The number of thiocarbonyl (C=S) groups is 1. The number of hydrogen-bond donors (Lipinski definition) is 1. The van der Waals surface area contributed by atoms with Gasteiger partial charge in [0.05, 0.1) is 28.2 Å². The lowest BCUT2D eigenvalue weighted by Gasteiger charge is -2.39. The van der Waals surface area contributed by atoms with Crippen LogP contribution in [0, 0.1) is 0 Å². The predicted octanol–water partition coefficient (Wildman–Crippen LogP) is 1.22. The molecule has 8 heteroatoms. The molecule has 1 saturated heterocycles. The molecule has 5 nitrogen and oxygen atoms in total. The number of sulfonamides is 1. The monoisotopic (exact) mass is 340 g/mol. The summed E-state index contributed by atoms with van der Waals surface area (Å²) in [5.41, 5.74) is 5.80. The molecule has 0 amide bonds. The second-order valence-corrected chi connectivity index (χ2v) is 8.92. The highest BCUT2D eigenvalue weighted by Gasteiger charge is 2.39. The van der Waals surface area contributed by atoms with Crippen LogP contribution in [0.2, 0.25) is 0 Å². The molecular formula is C12H24N2O3S3. The van der Waals surface area contributed by atoms with E-state index in [1.807, 2.05) is 20.1 Å². The van der Waals surface area contributed by atoms with Crippen molar-refractivity contribution in [2.75, 3.05) is 31.7 Å². The third-order valence-electron chi connectivity index (χ3n) is 3.56. The molecule has 0 spiro atoms. The van der Waals surface area contributed by atoms with E-state index in [0.29, 0.717) is 30.9 Å². The van der Waals surface area contributed by atoms with Crippen LogP contribution in [0.1, 0.15) is 26.7 Å². The summed E-state index contributed by atoms with van der Waals surface area (Å²) in [6.45, 7) is 4.97. The summed E-state index contributed by atoms with van der Waals surface area (Å²) in [7, 11) is -3.25. The fourth-order valence-corrected chi connectivity index (χ4v) is 4.75. The van der Waals surface area contributed by atoms with E-state index in [1.54, 1.807) is 11.8 Å². The Labute approximate surface area is 131 Å². The minimum atomic E-state index is -3.25. The minimum Gasteiger partial charge on any atom is -0.392 e. The summed E-state index contributed by atoms with van der Waals surface area (Å²) >= 11 is 6.75. The first-order valence-corrected chi connectivity index (χ1v) is 9.92. The van der Waals surface area contributed by atoms with Gasteiger partial charge < -0.3 is 10.5 Å². The summed E-state index contributed by atoms with van der Waals surface area (Å²) in [4.78, 5) is 0.477. The van der Waals surface area contributed by atoms with Crippen molar-refractivity contribution in [3.8, 4) is 0 Å². The molecule has 0 aromatic heterocycles. The number of hydrogen-bond acceptors (Lipinski definition) is 5. The van der Waals surface area contributed by atoms with Crippen LogP contribution in [0.4, 0.5) is 0 Å². The van der Waals surface area contributed by atoms with Crippen LogP contribution in [0.5, 0.6) is 0 Å². The van der Waals surface area contributed by atoms with Crippen LogP contribution in [0.3, 0.4) is 0 Å². The standard InChI is InChI=1S/C12H24N2O3S3/c1-10(2)17-8-9-20(15,16)14-6-4-12(19-3,5-7-14)11(13)18/h10H,4-9H2,1-3H3,(H2,13,18). The number of rotatable bonds is 7. The Morgan fingerprint density at radius 3 is 2.40 bits per heavy atom. The predicted molar refractivity (Wildman–Crippen MR) is 88.7 cm³/mol. The summed E-state index contributed by atoms with van der Waals surface area (Å²) in [5, 5.41) is 0. The molecule has 0 aromatic rings. The Morgan fingerprint density at radius 1 is 1.45 bits per heavy atom. The zero-order valence-electron chi connectivity index (χ0n) is 12.3. The van der Waals surface area contributed by atoms with Crippen molar-refractivity contribution < 1.29 is 13.2 Å². The highest BCUT2D eigenvalue weighted by atomic mass is 32.2. The minimum absolute atomic E-state index is 0.0323. The van der Waals surface area contributed by atoms with Crippen LogP contribution in [-0.2, 0) is 14.8 Å². The van der Waals surface area contributed by atoms with E-state index in [0.717, 1.165) is 0 Å². The van der Waals surface area contributed by atoms with E-state index in [2.05, 4.69) is 0 Å². The average molecular weight is 341 g/mol. The quantitative estimate of drug-likeness (QED) is 0.703. The summed E-state index contributed by atoms with van der Waals surface area (Å²) in [6.07, 6.45) is 3.37. The lowest BCUT2D eigenvalue weighted by Crippen LogP contribution is -2.51. The fourth-order valence-electron chi connectivity index (χ4n) is 2.19. The lowest BCUT2D eigenvalue weighted by atomic mass is 9.97. The third-order valence-corrected chi connectivity index (χ3v) is 7.32. The van der Waals surface area contributed by atoms with Gasteiger partial charge in [-0.1, -0.05) is 12.2 Å². The molecule has 0 saturated carbocycles. The van der Waals surface area contributed by atoms with Gasteiger partial charge in [0.2, 0.25) is 10.0 Å². The second kappa shape index (κ2) is 7.40. The fraction of sp³-hybridized carbons (Fsp3) is 0.917. The van der Waals surface area contributed by atoms with Gasteiger partial charge in [0.25, 0.3) is 0 Å². The normalized spacial score (nSPS) is 20.2. The molecule has 118 valence electrons. The van der Waals surface area contributed by atoms with Crippen LogP contribution in [0.25, 0.3) is 0 Å². The Balaban J connectivity index is 2.57. The van der Waals surface area contributed by atoms with Crippen molar-refractivity contribution in [2.45, 2.75) is 37.5 Å². The molecule has 0 atom stereocenters. The lowest BCUT2D eigenvalue weighted by molar-refractivity contribution is 0.0906. The Morgan fingerprint density at radius 2 is 2.00 bits per heavy atom. The first kappa shape index (κ1) is 18.2. The van der Waals surface area contributed by atoms with Gasteiger partial charge in [0.15, 0.2) is 0 Å². The van der Waals surface area contributed by atoms with Crippen LogP contribution in [0.15, 0.2) is 0 Å². The molecule has 2 N–H and O–H groups in total. The van der Waals surface area contributed by atoms with E-state index >= 15 is 0 Å². The van der Waals surface area contributed by atoms with E-state index < -0.39 is 10.0 Å².